The zero-order valence-electron chi connectivity index (χ0n) is 20.0. The van der Waals surface area contributed by atoms with Crippen molar-refractivity contribution in [1.29, 1.82) is 10.5 Å². The van der Waals surface area contributed by atoms with Gasteiger partial charge in [0.2, 0.25) is 0 Å². The fraction of sp³-hybridized carbons (Fsp3) is 0.138. The molecule has 0 saturated heterocycles. The van der Waals surface area contributed by atoms with E-state index in [0.29, 0.717) is 50.8 Å². The molecule has 0 bridgehead atoms. The number of fused-ring (bicyclic) bond motifs is 3. The molecule has 186 valence electrons. The molecular weight excluding hydrogens is 513 g/mol. The molecule has 5 nitrogen and oxygen atoms in total. The number of nitriles is 2. The number of halogens is 4. The zero-order valence-corrected chi connectivity index (χ0v) is 20.7. The second kappa shape index (κ2) is 8.99. The van der Waals surface area contributed by atoms with Crippen LogP contribution in [0.3, 0.4) is 0 Å². The highest BCUT2D eigenvalue weighted by Crippen LogP contribution is 2.45. The fourth-order valence-corrected chi connectivity index (χ4v) is 4.43. The Hall–Kier alpha value is -4.71. The highest BCUT2D eigenvalue weighted by Gasteiger charge is 2.37. The van der Waals surface area contributed by atoms with Crippen LogP contribution in [-0.4, -0.2) is 9.97 Å². The van der Waals surface area contributed by atoms with Crippen LogP contribution in [0.5, 0.6) is 5.75 Å². The maximum Gasteiger partial charge on any atom is 0.416 e. The minimum Gasteiger partial charge on any atom is -0.481 e. The molecule has 9 heteroatoms. The molecule has 4 aromatic rings. The van der Waals surface area contributed by atoms with Gasteiger partial charge >= 0.3 is 6.18 Å². The number of hydrogen-bond acceptors (Lipinski definition) is 4. The van der Waals surface area contributed by atoms with Crippen molar-refractivity contribution in [3.05, 3.63) is 93.1 Å². The van der Waals surface area contributed by atoms with Crippen molar-refractivity contribution >= 4 is 11.6 Å². The van der Waals surface area contributed by atoms with Crippen LogP contribution in [0.2, 0.25) is 5.02 Å². The molecule has 1 aliphatic rings. The van der Waals surface area contributed by atoms with Crippen LogP contribution in [0.4, 0.5) is 13.2 Å². The van der Waals surface area contributed by atoms with Gasteiger partial charge in [0, 0.05) is 16.7 Å². The molecule has 0 aliphatic carbocycles. The van der Waals surface area contributed by atoms with Gasteiger partial charge in [0.1, 0.15) is 22.9 Å². The first-order chi connectivity index (χ1) is 18.0. The van der Waals surface area contributed by atoms with Crippen molar-refractivity contribution in [2.24, 2.45) is 0 Å². The lowest BCUT2D eigenvalue weighted by atomic mass is 9.94. The molecule has 0 fully saturated rings. The van der Waals surface area contributed by atoms with Crippen LogP contribution in [-0.2, 0) is 11.8 Å². The highest BCUT2D eigenvalue weighted by molar-refractivity contribution is 6.31. The van der Waals surface area contributed by atoms with Crippen LogP contribution >= 0.6 is 11.6 Å². The van der Waals surface area contributed by atoms with E-state index in [1.807, 2.05) is 13.8 Å². The van der Waals surface area contributed by atoms with Crippen LogP contribution in [0.1, 0.15) is 47.4 Å². The summed E-state index contributed by atoms with van der Waals surface area (Å²) in [6.07, 6.45) is -4.51. The van der Waals surface area contributed by atoms with Crippen molar-refractivity contribution in [3.63, 3.8) is 0 Å². The molecule has 0 amide bonds. The Morgan fingerprint density at radius 1 is 0.947 bits per heavy atom. The summed E-state index contributed by atoms with van der Waals surface area (Å²) < 4.78 is 45.5. The molecule has 0 atom stereocenters. The predicted octanol–water partition coefficient (Wildman–Crippen LogP) is 7.19. The standard InChI is InChI=1S/C29H16ClF3N4O/c1-28(2)26-25(36-27(37-26)24-18(14-34)4-3-5-19(24)15-35)21-10-7-16(12-23(21)38-28)6-8-17-13-20(29(31,32)33)9-11-22(17)30/h3-5,7,9-13H,1-2H3,(H,36,37). The number of ether oxygens (including phenoxy) is 1. The van der Waals surface area contributed by atoms with Crippen molar-refractivity contribution in [1.82, 2.24) is 9.97 Å². The lowest BCUT2D eigenvalue weighted by molar-refractivity contribution is -0.137. The van der Waals surface area contributed by atoms with Gasteiger partial charge in [0.25, 0.3) is 0 Å². The molecular formula is C29H16ClF3N4O. The quantitative estimate of drug-likeness (QED) is 0.265. The highest BCUT2D eigenvalue weighted by atomic mass is 35.5. The third-order valence-electron chi connectivity index (χ3n) is 6.07. The number of benzene rings is 3. The van der Waals surface area contributed by atoms with Crippen LogP contribution in [0.25, 0.3) is 22.6 Å². The van der Waals surface area contributed by atoms with Gasteiger partial charge < -0.3 is 9.72 Å². The number of aromatic amines is 1. The first-order valence-corrected chi connectivity index (χ1v) is 11.7. The van der Waals surface area contributed by atoms with E-state index < -0.39 is 17.3 Å². The van der Waals surface area contributed by atoms with Gasteiger partial charge in [0.05, 0.1) is 45.1 Å². The number of aromatic nitrogens is 2. The smallest absolute Gasteiger partial charge is 0.416 e. The number of H-pyrrole nitrogens is 1. The summed E-state index contributed by atoms with van der Waals surface area (Å²) in [5.74, 6) is 6.45. The summed E-state index contributed by atoms with van der Waals surface area (Å²) in [5.41, 5.74) is 1.86. The maximum atomic E-state index is 13.1. The van der Waals surface area contributed by atoms with Gasteiger partial charge in [-0.3, -0.25) is 0 Å². The first kappa shape index (κ1) is 25.0. The van der Waals surface area contributed by atoms with E-state index in [1.165, 1.54) is 6.07 Å². The summed E-state index contributed by atoms with van der Waals surface area (Å²) in [5, 5.41) is 19.3. The Bertz CT molecular complexity index is 1730. The van der Waals surface area contributed by atoms with Gasteiger partial charge in [-0.2, -0.15) is 23.7 Å². The minimum absolute atomic E-state index is 0.0606. The molecule has 1 N–H and O–H groups in total. The average Bonchev–Trinajstić information content (AvgIpc) is 3.33. The third-order valence-corrected chi connectivity index (χ3v) is 6.40. The van der Waals surface area contributed by atoms with Gasteiger partial charge in [-0.25, -0.2) is 4.98 Å². The molecule has 0 spiro atoms. The lowest BCUT2D eigenvalue weighted by Crippen LogP contribution is -2.29. The number of rotatable bonds is 1. The monoisotopic (exact) mass is 528 g/mol. The molecule has 2 heterocycles. The first-order valence-electron chi connectivity index (χ1n) is 11.3. The van der Waals surface area contributed by atoms with Crippen molar-refractivity contribution in [3.8, 4) is 52.4 Å². The number of imidazole rings is 1. The Kier molecular flexibility index (Phi) is 5.91. The van der Waals surface area contributed by atoms with Gasteiger partial charge in [-0.15, -0.1) is 0 Å². The summed E-state index contributed by atoms with van der Waals surface area (Å²) in [7, 11) is 0. The fourth-order valence-electron chi connectivity index (χ4n) is 4.27. The van der Waals surface area contributed by atoms with Crippen molar-refractivity contribution < 1.29 is 17.9 Å². The normalized spacial score (nSPS) is 13.2. The molecule has 3 aromatic carbocycles. The zero-order chi connectivity index (χ0) is 27.2. The molecule has 0 unspecified atom stereocenters. The predicted molar refractivity (Wildman–Crippen MR) is 135 cm³/mol. The van der Waals surface area contributed by atoms with E-state index in [2.05, 4.69) is 29.0 Å². The Morgan fingerprint density at radius 3 is 2.32 bits per heavy atom. The molecule has 0 radical (unpaired) electrons. The molecule has 5 rings (SSSR count). The molecule has 0 saturated carbocycles. The van der Waals surface area contributed by atoms with E-state index in [9.17, 15) is 23.7 Å². The van der Waals surface area contributed by atoms with E-state index >= 15 is 0 Å². The van der Waals surface area contributed by atoms with Gasteiger partial charge in [0.15, 0.2) is 0 Å². The Morgan fingerprint density at radius 2 is 1.66 bits per heavy atom. The second-order valence-electron chi connectivity index (χ2n) is 9.03. The van der Waals surface area contributed by atoms with Gasteiger partial charge in [-0.05, 0) is 62.4 Å². The Balaban J connectivity index is 1.58. The second-order valence-corrected chi connectivity index (χ2v) is 9.43. The summed E-state index contributed by atoms with van der Waals surface area (Å²) in [6, 6.07) is 17.3. The summed E-state index contributed by atoms with van der Waals surface area (Å²) in [4.78, 5) is 7.97. The van der Waals surface area contributed by atoms with E-state index in [1.54, 1.807) is 36.4 Å². The van der Waals surface area contributed by atoms with E-state index in [0.717, 1.165) is 12.1 Å². The van der Waals surface area contributed by atoms with Crippen LogP contribution in [0, 0.1) is 34.5 Å². The number of nitrogens with zero attached hydrogens (tertiary/aromatic N) is 3. The third kappa shape index (κ3) is 4.34. The van der Waals surface area contributed by atoms with Crippen LogP contribution in [0.15, 0.2) is 54.6 Å². The number of hydrogen-bond donors (Lipinski definition) is 1. The topological polar surface area (TPSA) is 85.5 Å². The minimum atomic E-state index is -4.51. The van der Waals surface area contributed by atoms with Crippen molar-refractivity contribution in [2.75, 3.05) is 0 Å². The summed E-state index contributed by atoms with van der Waals surface area (Å²) >= 11 is 6.07. The maximum absolute atomic E-state index is 13.1. The lowest BCUT2D eigenvalue weighted by Gasteiger charge is -2.31. The summed E-state index contributed by atoms with van der Waals surface area (Å²) in [6.45, 7) is 3.67. The van der Waals surface area contributed by atoms with E-state index in [4.69, 9.17) is 21.3 Å². The van der Waals surface area contributed by atoms with E-state index in [-0.39, 0.29) is 10.6 Å². The Labute approximate surface area is 221 Å². The average molecular weight is 529 g/mol. The largest absolute Gasteiger partial charge is 0.481 e. The molecule has 1 aliphatic heterocycles. The van der Waals surface area contributed by atoms with Gasteiger partial charge in [-0.1, -0.05) is 29.5 Å². The van der Waals surface area contributed by atoms with Crippen molar-refractivity contribution in [2.45, 2.75) is 25.6 Å². The number of nitrogens with one attached hydrogen (secondary N) is 1. The molecule has 1 aromatic heterocycles. The SMILES string of the molecule is CC1(C)Oc2cc(C#Cc3cc(C(F)(F)F)ccc3Cl)ccc2-c2[nH]c(-c3c(C#N)cccc3C#N)nc21. The molecule has 38 heavy (non-hydrogen) atoms. The van der Waals surface area contributed by atoms with Crippen LogP contribution < -0.4 is 4.74 Å². The number of alkyl halides is 3.